The number of aryl methyl sites for hydroxylation is 1. The van der Waals surface area contributed by atoms with E-state index in [1.165, 1.54) is 12.3 Å². The smallest absolute Gasteiger partial charge is 0.215 e. The van der Waals surface area contributed by atoms with Crippen molar-refractivity contribution in [3.8, 4) is 6.19 Å². The van der Waals surface area contributed by atoms with Crippen molar-refractivity contribution in [1.29, 1.82) is 5.26 Å². The summed E-state index contributed by atoms with van der Waals surface area (Å²) in [4.78, 5) is 0.136. The summed E-state index contributed by atoms with van der Waals surface area (Å²) in [6.45, 7) is 1.67. The second-order valence-corrected chi connectivity index (χ2v) is 4.13. The van der Waals surface area contributed by atoms with E-state index in [4.69, 9.17) is 5.26 Å². The van der Waals surface area contributed by atoms with Gasteiger partial charge in [-0.3, -0.25) is 0 Å². The van der Waals surface area contributed by atoms with Crippen LogP contribution in [0.2, 0.25) is 0 Å². The molecule has 0 aromatic heterocycles. The Morgan fingerprint density at radius 2 is 2.00 bits per heavy atom. The summed E-state index contributed by atoms with van der Waals surface area (Å²) < 4.78 is 24.4. The lowest BCUT2D eigenvalue weighted by Crippen LogP contribution is -2.18. The summed E-state index contributed by atoms with van der Waals surface area (Å²) in [5.74, 6) is 0. The Labute approximate surface area is 76.9 Å². The molecule has 0 fully saturated rings. The summed E-state index contributed by atoms with van der Waals surface area (Å²) in [5, 5.41) is 8.21. The maximum atomic E-state index is 11.3. The highest BCUT2D eigenvalue weighted by Crippen LogP contribution is 2.12. The van der Waals surface area contributed by atoms with Gasteiger partial charge < -0.3 is 0 Å². The molecule has 1 rings (SSSR count). The molecule has 13 heavy (non-hydrogen) atoms. The largest absolute Gasteiger partial charge is 0.270 e. The maximum Gasteiger partial charge on any atom is 0.270 e. The average Bonchev–Trinajstić information content (AvgIpc) is 2.04. The van der Waals surface area contributed by atoms with Gasteiger partial charge in [0, 0.05) is 0 Å². The number of sulfonamides is 1. The Morgan fingerprint density at radius 1 is 1.38 bits per heavy atom. The summed E-state index contributed by atoms with van der Waals surface area (Å²) in [5.41, 5.74) is 0.616. The van der Waals surface area contributed by atoms with Crippen molar-refractivity contribution in [1.82, 2.24) is 4.72 Å². The number of nitriles is 1. The number of nitrogens with zero attached hydrogens (tertiary/aromatic N) is 1. The first kappa shape index (κ1) is 9.55. The minimum Gasteiger partial charge on any atom is -0.215 e. The van der Waals surface area contributed by atoms with Gasteiger partial charge in [0.25, 0.3) is 10.0 Å². The minimum absolute atomic E-state index is 0.136. The Hall–Kier alpha value is -1.54. The average molecular weight is 196 g/mol. The van der Waals surface area contributed by atoms with Crippen molar-refractivity contribution in [2.45, 2.75) is 11.8 Å². The van der Waals surface area contributed by atoms with Gasteiger partial charge in [0.2, 0.25) is 0 Å². The first-order valence-electron chi connectivity index (χ1n) is 3.54. The third-order valence-electron chi connectivity index (χ3n) is 1.56. The highest BCUT2D eigenvalue weighted by Gasteiger charge is 2.14. The van der Waals surface area contributed by atoms with E-state index >= 15 is 0 Å². The summed E-state index contributed by atoms with van der Waals surface area (Å²) in [6.07, 6.45) is 1.40. The van der Waals surface area contributed by atoms with Gasteiger partial charge >= 0.3 is 0 Å². The Balaban J connectivity index is 3.25. The molecule has 0 spiro atoms. The first-order valence-corrected chi connectivity index (χ1v) is 5.03. The van der Waals surface area contributed by atoms with E-state index in [2.05, 4.69) is 0 Å². The summed E-state index contributed by atoms with van der Waals surface area (Å²) >= 11 is 0. The number of nitrogens with one attached hydrogen (secondary N) is 1. The van der Waals surface area contributed by atoms with Crippen LogP contribution in [0.25, 0.3) is 0 Å². The van der Waals surface area contributed by atoms with E-state index in [-0.39, 0.29) is 4.90 Å². The van der Waals surface area contributed by atoms with Gasteiger partial charge in [-0.25, -0.2) is 13.1 Å². The molecule has 0 aliphatic carbocycles. The van der Waals surface area contributed by atoms with Gasteiger partial charge in [-0.2, -0.15) is 5.26 Å². The fourth-order valence-corrected chi connectivity index (χ4v) is 1.95. The molecule has 0 unspecified atom stereocenters. The SMILES string of the molecule is Cc1ccccc1S(=O)(=O)NC#N. The first-order chi connectivity index (χ1) is 6.08. The Bertz CT molecular complexity index is 445. The van der Waals surface area contributed by atoms with Crippen molar-refractivity contribution in [3.05, 3.63) is 29.8 Å². The van der Waals surface area contributed by atoms with Crippen LogP contribution < -0.4 is 4.72 Å². The molecule has 0 atom stereocenters. The van der Waals surface area contributed by atoms with E-state index < -0.39 is 10.0 Å². The standard InChI is InChI=1S/C8H8N2O2S/c1-7-4-2-3-5-8(7)13(11,12)10-6-9/h2-5,10H,1H3. The molecule has 5 heteroatoms. The van der Waals surface area contributed by atoms with E-state index in [9.17, 15) is 8.42 Å². The molecule has 4 nitrogen and oxygen atoms in total. The molecule has 0 radical (unpaired) electrons. The molecular formula is C8H8N2O2S. The quantitative estimate of drug-likeness (QED) is 0.560. The van der Waals surface area contributed by atoms with Crippen LogP contribution in [0.3, 0.4) is 0 Å². The number of hydrogen-bond donors (Lipinski definition) is 1. The van der Waals surface area contributed by atoms with Gasteiger partial charge in [0.05, 0.1) is 4.90 Å². The lowest BCUT2D eigenvalue weighted by molar-refractivity contribution is 0.591. The van der Waals surface area contributed by atoms with Crippen molar-refractivity contribution in [2.24, 2.45) is 0 Å². The molecule has 0 amide bonds. The van der Waals surface area contributed by atoms with Gasteiger partial charge in [0.1, 0.15) is 0 Å². The van der Waals surface area contributed by atoms with E-state index in [0.29, 0.717) is 5.56 Å². The van der Waals surface area contributed by atoms with E-state index in [1.54, 1.807) is 29.8 Å². The fourth-order valence-electron chi connectivity index (χ4n) is 0.973. The van der Waals surface area contributed by atoms with Gasteiger partial charge in [-0.05, 0) is 18.6 Å². The Kier molecular flexibility index (Phi) is 2.54. The summed E-state index contributed by atoms with van der Waals surface area (Å²) in [6, 6.07) is 6.47. The highest BCUT2D eigenvalue weighted by molar-refractivity contribution is 7.89. The molecule has 1 N–H and O–H groups in total. The number of hydrogen-bond acceptors (Lipinski definition) is 3. The van der Waals surface area contributed by atoms with Crippen LogP contribution in [0.1, 0.15) is 5.56 Å². The van der Waals surface area contributed by atoms with E-state index in [1.807, 2.05) is 0 Å². The molecular weight excluding hydrogens is 188 g/mol. The van der Waals surface area contributed by atoms with Crippen LogP contribution in [0.4, 0.5) is 0 Å². The van der Waals surface area contributed by atoms with Crippen LogP contribution in [0.15, 0.2) is 29.2 Å². The molecule has 0 aliphatic rings. The number of benzene rings is 1. The lowest BCUT2D eigenvalue weighted by atomic mass is 10.2. The zero-order chi connectivity index (χ0) is 9.90. The molecule has 0 saturated carbocycles. The molecule has 0 heterocycles. The minimum atomic E-state index is -3.65. The monoisotopic (exact) mass is 196 g/mol. The van der Waals surface area contributed by atoms with Gasteiger partial charge in [-0.1, -0.05) is 18.2 Å². The van der Waals surface area contributed by atoms with Crippen LogP contribution in [0, 0.1) is 18.4 Å². The highest BCUT2D eigenvalue weighted by atomic mass is 32.2. The molecule has 0 aliphatic heterocycles. The lowest BCUT2D eigenvalue weighted by Gasteiger charge is -2.03. The second kappa shape index (κ2) is 3.46. The van der Waals surface area contributed by atoms with Gasteiger partial charge in [0.15, 0.2) is 6.19 Å². The van der Waals surface area contributed by atoms with Crippen LogP contribution in [0.5, 0.6) is 0 Å². The molecule has 0 bridgehead atoms. The van der Waals surface area contributed by atoms with Crippen molar-refractivity contribution in [2.75, 3.05) is 0 Å². The van der Waals surface area contributed by atoms with Crippen molar-refractivity contribution in [3.63, 3.8) is 0 Å². The fraction of sp³-hybridized carbons (Fsp3) is 0.125. The van der Waals surface area contributed by atoms with Crippen molar-refractivity contribution < 1.29 is 8.42 Å². The van der Waals surface area contributed by atoms with Crippen LogP contribution in [-0.2, 0) is 10.0 Å². The molecule has 1 aromatic rings. The molecule has 1 aromatic carbocycles. The molecule has 68 valence electrons. The van der Waals surface area contributed by atoms with Crippen LogP contribution >= 0.6 is 0 Å². The zero-order valence-corrected chi connectivity index (χ0v) is 7.80. The predicted octanol–water partition coefficient (Wildman–Crippen LogP) is 0.754. The van der Waals surface area contributed by atoms with Crippen molar-refractivity contribution >= 4 is 10.0 Å². The topological polar surface area (TPSA) is 70.0 Å². The third kappa shape index (κ3) is 1.98. The normalized spacial score (nSPS) is 10.5. The second-order valence-electron chi connectivity index (χ2n) is 2.48. The molecule has 0 saturated heterocycles. The third-order valence-corrected chi connectivity index (χ3v) is 2.96. The number of rotatable bonds is 2. The predicted molar refractivity (Wildman–Crippen MR) is 47.1 cm³/mol. The summed E-state index contributed by atoms with van der Waals surface area (Å²) in [7, 11) is -3.65. The van der Waals surface area contributed by atoms with Gasteiger partial charge in [-0.15, -0.1) is 0 Å². The Morgan fingerprint density at radius 3 is 2.54 bits per heavy atom. The van der Waals surface area contributed by atoms with E-state index in [0.717, 1.165) is 0 Å². The van der Waals surface area contributed by atoms with Crippen LogP contribution in [-0.4, -0.2) is 8.42 Å². The zero-order valence-electron chi connectivity index (χ0n) is 6.98. The maximum absolute atomic E-state index is 11.3.